The van der Waals surface area contributed by atoms with Crippen molar-refractivity contribution in [2.24, 2.45) is 5.41 Å². The Labute approximate surface area is 229 Å². The van der Waals surface area contributed by atoms with Crippen molar-refractivity contribution >= 4 is 36.4 Å². The highest BCUT2D eigenvalue weighted by molar-refractivity contribution is 7.56. The normalized spacial score (nSPS) is 18.3. The first-order valence-electron chi connectivity index (χ1n) is 13.3. The summed E-state index contributed by atoms with van der Waals surface area (Å²) in [4.78, 5) is 37.7. The summed E-state index contributed by atoms with van der Waals surface area (Å²) in [5, 5.41) is 2.94. The predicted molar refractivity (Wildman–Crippen MR) is 145 cm³/mol. The zero-order valence-corrected chi connectivity index (χ0v) is 24.5. The zero-order valence-electron chi connectivity index (χ0n) is 23.6. The van der Waals surface area contributed by atoms with Gasteiger partial charge in [0, 0.05) is 0 Å². The minimum absolute atomic E-state index is 0.0300. The average Bonchev–Trinajstić information content (AvgIpc) is 3.56. The molecule has 1 aliphatic carbocycles. The second kappa shape index (κ2) is 12.7. The van der Waals surface area contributed by atoms with Gasteiger partial charge in [0.15, 0.2) is 11.5 Å². The topological polar surface area (TPSA) is 170 Å². The third-order valence-corrected chi connectivity index (χ3v) is 8.70. The monoisotopic (exact) mass is 568 g/mol. The number of nitrogens with one attached hydrogen (secondary N) is 1. The molecule has 0 saturated heterocycles. The van der Waals surface area contributed by atoms with Crippen molar-refractivity contribution in [1.29, 1.82) is 0 Å². The van der Waals surface area contributed by atoms with Gasteiger partial charge in [-0.1, -0.05) is 6.92 Å². The van der Waals surface area contributed by atoms with Gasteiger partial charge in [-0.25, -0.2) is 20.0 Å². The van der Waals surface area contributed by atoms with E-state index in [0.717, 1.165) is 0 Å². The fourth-order valence-electron chi connectivity index (χ4n) is 4.06. The number of carbonyl (C=O) groups excluding carboxylic acids is 2. The molecule has 1 fully saturated rings. The lowest BCUT2D eigenvalue weighted by atomic mass is 10.0. The summed E-state index contributed by atoms with van der Waals surface area (Å²) in [6.45, 7) is 11.2. The van der Waals surface area contributed by atoms with Gasteiger partial charge in [-0.2, -0.15) is 0 Å². The number of fused-ring (bicyclic) bond motifs is 1. The van der Waals surface area contributed by atoms with Crippen LogP contribution in [0.15, 0.2) is 12.7 Å². The number of carbonyl (C=O) groups is 2. The lowest BCUT2D eigenvalue weighted by molar-refractivity contribution is -0.154. The molecular formula is C25H41N6O7P. The van der Waals surface area contributed by atoms with Crippen LogP contribution in [0.2, 0.25) is 0 Å². The maximum atomic E-state index is 14.1. The summed E-state index contributed by atoms with van der Waals surface area (Å²) in [6.07, 6.45) is 3.91. The van der Waals surface area contributed by atoms with Crippen molar-refractivity contribution in [2.45, 2.75) is 91.5 Å². The first kappa shape index (κ1) is 30.9. The molecule has 2 unspecified atom stereocenters. The molecule has 0 spiro atoms. The van der Waals surface area contributed by atoms with Crippen LogP contribution < -0.4 is 10.8 Å². The smallest absolute Gasteiger partial charge is 0.326 e. The van der Waals surface area contributed by atoms with Crippen LogP contribution in [0.4, 0.5) is 5.82 Å². The molecule has 1 saturated carbocycles. The minimum atomic E-state index is -3.75. The number of nitrogens with zero attached hydrogens (tertiary/aromatic N) is 4. The first-order chi connectivity index (χ1) is 18.4. The highest BCUT2D eigenvalue weighted by Crippen LogP contribution is 2.52. The molecule has 3 atom stereocenters. The Morgan fingerprint density at radius 3 is 2.56 bits per heavy atom. The molecule has 0 aliphatic heterocycles. The van der Waals surface area contributed by atoms with Crippen molar-refractivity contribution < 1.29 is 32.9 Å². The van der Waals surface area contributed by atoms with E-state index >= 15 is 0 Å². The molecule has 2 aromatic heterocycles. The molecule has 218 valence electrons. The van der Waals surface area contributed by atoms with E-state index < -0.39 is 30.5 Å². The third kappa shape index (κ3) is 7.75. The van der Waals surface area contributed by atoms with E-state index in [1.807, 2.05) is 6.92 Å². The average molecular weight is 569 g/mol. The first-order valence-corrected chi connectivity index (χ1v) is 15.1. The Morgan fingerprint density at radius 2 is 1.95 bits per heavy atom. The predicted octanol–water partition coefficient (Wildman–Crippen LogP) is 3.42. The number of nitrogen functional groups attached to an aromatic ring is 1. The molecule has 2 aromatic rings. The Bertz CT molecular complexity index is 1200. The second-order valence-electron chi connectivity index (χ2n) is 10.4. The number of rotatable bonds is 16. The van der Waals surface area contributed by atoms with E-state index in [1.165, 1.54) is 6.33 Å². The number of hydrogen-bond donors (Lipinski definition) is 2. The number of imidazole rings is 1. The van der Waals surface area contributed by atoms with E-state index in [-0.39, 0.29) is 30.8 Å². The number of nitrogens with two attached hydrogens (primary N) is 1. The number of hydrogen-bond acceptors (Lipinski definition) is 11. The van der Waals surface area contributed by atoms with Crippen molar-refractivity contribution in [3.63, 3.8) is 0 Å². The van der Waals surface area contributed by atoms with Gasteiger partial charge in [-0.15, -0.1) is 0 Å². The lowest BCUT2D eigenvalue weighted by Gasteiger charge is -2.33. The Kier molecular flexibility index (Phi) is 10.1. The fraction of sp³-hybridized carbons (Fsp3) is 0.720. The molecule has 39 heavy (non-hydrogen) atoms. The van der Waals surface area contributed by atoms with E-state index in [9.17, 15) is 14.2 Å². The fourth-order valence-corrected chi connectivity index (χ4v) is 6.10. The molecule has 3 rings (SSSR count). The van der Waals surface area contributed by atoms with Crippen LogP contribution in [0.5, 0.6) is 0 Å². The third-order valence-electron chi connectivity index (χ3n) is 6.77. The van der Waals surface area contributed by atoms with Gasteiger partial charge in [0.25, 0.3) is 7.52 Å². The molecule has 0 radical (unpaired) electrons. The van der Waals surface area contributed by atoms with Gasteiger partial charge in [-0.05, 0) is 60.3 Å². The summed E-state index contributed by atoms with van der Waals surface area (Å²) >= 11 is 0. The van der Waals surface area contributed by atoms with Crippen LogP contribution in [0.3, 0.4) is 0 Å². The summed E-state index contributed by atoms with van der Waals surface area (Å²) < 4.78 is 38.4. The van der Waals surface area contributed by atoms with Crippen molar-refractivity contribution in [2.75, 3.05) is 25.3 Å². The van der Waals surface area contributed by atoms with E-state index in [1.54, 1.807) is 45.5 Å². The Balaban J connectivity index is 1.71. The number of esters is 2. The van der Waals surface area contributed by atoms with Crippen molar-refractivity contribution in [3.8, 4) is 0 Å². The van der Waals surface area contributed by atoms with Gasteiger partial charge in [0.2, 0.25) is 0 Å². The van der Waals surface area contributed by atoms with Crippen LogP contribution in [0.1, 0.15) is 67.2 Å². The van der Waals surface area contributed by atoms with Crippen LogP contribution >= 0.6 is 7.52 Å². The second-order valence-corrected chi connectivity index (χ2v) is 12.5. The molecule has 13 nitrogen and oxygen atoms in total. The number of anilines is 1. The largest absolute Gasteiger partial charge is 0.466 e. The van der Waals surface area contributed by atoms with Crippen molar-refractivity contribution in [1.82, 2.24) is 24.6 Å². The standard InChI is InChI=1S/C25H41N6O7P/c1-7-24(6,22(32)38-17(3)4)30-39(34,37-12-11-25(9-10-25)23(33)35-8-2)16-36-18(5)13-31-15-29-19-20(26)27-14-28-21(19)31/h14-15,17-18H,7-13,16H2,1-6H3,(H,30,34)(H2,26,27,28)/t18-,24?,39?/m1/s1. The minimum Gasteiger partial charge on any atom is -0.466 e. The molecule has 14 heteroatoms. The SMILES string of the molecule is CCOC(=O)C1(CCOP(=O)(CO[C@H](C)Cn2cnc3c(N)ncnc32)NC(C)(CC)C(=O)OC(C)C)CC1. The van der Waals surface area contributed by atoms with E-state index in [4.69, 9.17) is 24.5 Å². The van der Waals surface area contributed by atoms with Gasteiger partial charge >= 0.3 is 11.9 Å². The molecule has 2 heterocycles. The van der Waals surface area contributed by atoms with Crippen LogP contribution in [0.25, 0.3) is 11.2 Å². The number of ether oxygens (including phenoxy) is 3. The quantitative estimate of drug-likeness (QED) is 0.224. The van der Waals surface area contributed by atoms with Gasteiger partial charge < -0.3 is 29.0 Å². The Morgan fingerprint density at radius 1 is 1.23 bits per heavy atom. The van der Waals surface area contributed by atoms with Gasteiger partial charge in [0.05, 0.1) is 43.7 Å². The zero-order chi connectivity index (χ0) is 28.8. The highest BCUT2D eigenvalue weighted by atomic mass is 31.2. The van der Waals surface area contributed by atoms with E-state index in [0.29, 0.717) is 50.0 Å². The molecule has 0 aromatic carbocycles. The molecule has 0 amide bonds. The lowest BCUT2D eigenvalue weighted by Crippen LogP contribution is -2.49. The van der Waals surface area contributed by atoms with Gasteiger partial charge in [0.1, 0.15) is 23.7 Å². The highest BCUT2D eigenvalue weighted by Gasteiger charge is 2.51. The maximum Gasteiger partial charge on any atom is 0.326 e. The summed E-state index contributed by atoms with van der Waals surface area (Å²) in [5.74, 6) is -0.529. The Hall–Kier alpha value is -2.60. The van der Waals surface area contributed by atoms with Crippen LogP contribution in [-0.2, 0) is 39.4 Å². The summed E-state index contributed by atoms with van der Waals surface area (Å²) in [5.41, 5.74) is 5.03. The maximum absolute atomic E-state index is 14.1. The summed E-state index contributed by atoms with van der Waals surface area (Å²) in [6, 6.07) is 0. The molecule has 1 aliphatic rings. The van der Waals surface area contributed by atoms with E-state index in [2.05, 4.69) is 20.0 Å². The molecule has 0 bridgehead atoms. The van der Waals surface area contributed by atoms with Crippen LogP contribution in [0, 0.1) is 5.41 Å². The van der Waals surface area contributed by atoms with Gasteiger partial charge in [-0.3, -0.25) is 14.2 Å². The van der Waals surface area contributed by atoms with Crippen molar-refractivity contribution in [3.05, 3.63) is 12.7 Å². The molecule has 3 N–H and O–H groups in total. The number of aromatic nitrogens is 4. The summed E-state index contributed by atoms with van der Waals surface area (Å²) in [7, 11) is -3.75. The van der Waals surface area contributed by atoms with Crippen LogP contribution in [-0.4, -0.2) is 68.8 Å². The molecular weight excluding hydrogens is 527 g/mol.